The van der Waals surface area contributed by atoms with E-state index >= 15 is 0 Å². The first-order chi connectivity index (χ1) is 7.20. The minimum absolute atomic E-state index is 0.0430. The first-order valence-electron chi connectivity index (χ1n) is 4.81. The van der Waals surface area contributed by atoms with E-state index in [4.69, 9.17) is 0 Å². The van der Waals surface area contributed by atoms with Gasteiger partial charge < -0.3 is 10.1 Å². The summed E-state index contributed by atoms with van der Waals surface area (Å²) in [7, 11) is 1.23. The largest absolute Gasteiger partial charge is 0.465 e. The summed E-state index contributed by atoms with van der Waals surface area (Å²) in [5, 5.41) is 2.90. The minimum atomic E-state index is -0.660. The van der Waals surface area contributed by atoms with Gasteiger partial charge in [0.15, 0.2) is 5.82 Å². The van der Waals surface area contributed by atoms with E-state index in [1.165, 1.54) is 13.2 Å². The lowest BCUT2D eigenvalue weighted by atomic mass is 10.2. The molecule has 0 saturated carbocycles. The summed E-state index contributed by atoms with van der Waals surface area (Å²) in [6.45, 7) is 2.65. The Hall–Kier alpha value is -1.58. The van der Waals surface area contributed by atoms with Crippen LogP contribution in [0.1, 0.15) is 23.7 Å². The van der Waals surface area contributed by atoms with Crippen LogP contribution >= 0.6 is 0 Å². The first kappa shape index (κ1) is 11.5. The molecule has 0 saturated heterocycles. The van der Waals surface area contributed by atoms with Crippen molar-refractivity contribution in [3.05, 3.63) is 29.6 Å². The Morgan fingerprint density at radius 3 is 2.87 bits per heavy atom. The van der Waals surface area contributed by atoms with E-state index in [2.05, 4.69) is 10.1 Å². The number of esters is 1. The predicted octanol–water partition coefficient (Wildman–Crippen LogP) is 2.43. The SMILES string of the molecule is CCCNc1cccc(C(=O)OC)c1F. The topological polar surface area (TPSA) is 38.3 Å². The van der Waals surface area contributed by atoms with Gasteiger partial charge in [0.05, 0.1) is 18.4 Å². The van der Waals surface area contributed by atoms with Crippen LogP contribution in [0.15, 0.2) is 18.2 Å². The van der Waals surface area contributed by atoms with Crippen LogP contribution in [0, 0.1) is 5.82 Å². The molecule has 0 fully saturated rings. The quantitative estimate of drug-likeness (QED) is 0.777. The van der Waals surface area contributed by atoms with Crippen LogP contribution < -0.4 is 5.32 Å². The van der Waals surface area contributed by atoms with Gasteiger partial charge >= 0.3 is 5.97 Å². The van der Waals surface area contributed by atoms with Crippen molar-refractivity contribution in [2.45, 2.75) is 13.3 Å². The molecular weight excluding hydrogens is 197 g/mol. The number of hydrogen-bond acceptors (Lipinski definition) is 3. The summed E-state index contributed by atoms with van der Waals surface area (Å²) in [5.41, 5.74) is 0.290. The van der Waals surface area contributed by atoms with Gasteiger partial charge in [-0.3, -0.25) is 0 Å². The summed E-state index contributed by atoms with van der Waals surface area (Å²) < 4.78 is 18.1. The van der Waals surface area contributed by atoms with E-state index in [1.807, 2.05) is 6.92 Å². The minimum Gasteiger partial charge on any atom is -0.465 e. The normalized spacial score (nSPS) is 9.80. The zero-order valence-corrected chi connectivity index (χ0v) is 8.84. The van der Waals surface area contributed by atoms with E-state index in [0.29, 0.717) is 12.2 Å². The van der Waals surface area contributed by atoms with Gasteiger partial charge in [-0.25, -0.2) is 9.18 Å². The maximum absolute atomic E-state index is 13.7. The van der Waals surface area contributed by atoms with Crippen molar-refractivity contribution < 1.29 is 13.9 Å². The van der Waals surface area contributed by atoms with Crippen LogP contribution in [0.3, 0.4) is 0 Å². The number of methoxy groups -OCH3 is 1. The second-order valence-electron chi connectivity index (χ2n) is 3.09. The Labute approximate surface area is 88.2 Å². The second kappa shape index (κ2) is 5.34. The molecule has 0 radical (unpaired) electrons. The Bertz CT molecular complexity index is 352. The number of carbonyl (C=O) groups excluding carboxylic acids is 1. The van der Waals surface area contributed by atoms with Crippen LogP contribution in [-0.2, 0) is 4.74 Å². The molecule has 0 bridgehead atoms. The molecule has 4 heteroatoms. The van der Waals surface area contributed by atoms with E-state index < -0.39 is 11.8 Å². The van der Waals surface area contributed by atoms with E-state index in [9.17, 15) is 9.18 Å². The molecule has 0 spiro atoms. The lowest BCUT2D eigenvalue weighted by molar-refractivity contribution is 0.0595. The number of ether oxygens (including phenoxy) is 1. The molecule has 0 atom stereocenters. The summed E-state index contributed by atoms with van der Waals surface area (Å²) >= 11 is 0. The molecule has 0 amide bonds. The fourth-order valence-corrected chi connectivity index (χ4v) is 1.20. The highest BCUT2D eigenvalue weighted by Crippen LogP contribution is 2.18. The maximum Gasteiger partial charge on any atom is 0.340 e. The van der Waals surface area contributed by atoms with Gasteiger partial charge in [0.2, 0.25) is 0 Å². The summed E-state index contributed by atoms with van der Waals surface area (Å²) in [4.78, 5) is 11.2. The highest BCUT2D eigenvalue weighted by molar-refractivity contribution is 5.90. The third-order valence-corrected chi connectivity index (χ3v) is 1.97. The number of nitrogens with one attached hydrogen (secondary N) is 1. The smallest absolute Gasteiger partial charge is 0.340 e. The van der Waals surface area contributed by atoms with Crippen molar-refractivity contribution in [1.29, 1.82) is 0 Å². The van der Waals surface area contributed by atoms with E-state index in [1.54, 1.807) is 12.1 Å². The number of carbonyl (C=O) groups is 1. The lowest BCUT2D eigenvalue weighted by Gasteiger charge is -2.08. The fourth-order valence-electron chi connectivity index (χ4n) is 1.20. The van der Waals surface area contributed by atoms with Gasteiger partial charge in [0.1, 0.15) is 0 Å². The van der Waals surface area contributed by atoms with Crippen LogP contribution in [0.4, 0.5) is 10.1 Å². The molecule has 1 N–H and O–H groups in total. The number of anilines is 1. The summed E-state index contributed by atoms with van der Waals surface area (Å²) in [6, 6.07) is 4.61. The molecule has 82 valence electrons. The zero-order chi connectivity index (χ0) is 11.3. The predicted molar refractivity (Wildman–Crippen MR) is 56.5 cm³/mol. The Balaban J connectivity index is 2.95. The Morgan fingerprint density at radius 2 is 2.27 bits per heavy atom. The van der Waals surface area contributed by atoms with Crippen LogP contribution in [0.5, 0.6) is 0 Å². The van der Waals surface area contributed by atoms with Crippen LogP contribution in [0.25, 0.3) is 0 Å². The van der Waals surface area contributed by atoms with Crippen molar-refractivity contribution >= 4 is 11.7 Å². The van der Waals surface area contributed by atoms with Gasteiger partial charge in [0, 0.05) is 6.54 Å². The van der Waals surface area contributed by atoms with Gasteiger partial charge in [-0.15, -0.1) is 0 Å². The average Bonchev–Trinajstić information content (AvgIpc) is 2.27. The van der Waals surface area contributed by atoms with Gasteiger partial charge in [0.25, 0.3) is 0 Å². The summed E-state index contributed by atoms with van der Waals surface area (Å²) in [6.07, 6.45) is 0.891. The third-order valence-electron chi connectivity index (χ3n) is 1.97. The van der Waals surface area contributed by atoms with E-state index in [-0.39, 0.29) is 5.56 Å². The van der Waals surface area contributed by atoms with Crippen molar-refractivity contribution in [3.8, 4) is 0 Å². The third kappa shape index (κ3) is 2.68. The lowest BCUT2D eigenvalue weighted by Crippen LogP contribution is -2.08. The van der Waals surface area contributed by atoms with Crippen molar-refractivity contribution in [3.63, 3.8) is 0 Å². The highest BCUT2D eigenvalue weighted by atomic mass is 19.1. The first-order valence-corrected chi connectivity index (χ1v) is 4.81. The molecule has 0 aliphatic rings. The molecule has 0 unspecified atom stereocenters. The molecule has 3 nitrogen and oxygen atoms in total. The number of halogens is 1. The average molecular weight is 211 g/mol. The highest BCUT2D eigenvalue weighted by Gasteiger charge is 2.14. The van der Waals surface area contributed by atoms with Gasteiger partial charge in [-0.05, 0) is 18.6 Å². The second-order valence-corrected chi connectivity index (χ2v) is 3.09. The van der Waals surface area contributed by atoms with Crippen molar-refractivity contribution in [2.24, 2.45) is 0 Å². The van der Waals surface area contributed by atoms with E-state index in [0.717, 1.165) is 6.42 Å². The molecule has 0 aliphatic heterocycles. The summed E-state index contributed by atoms with van der Waals surface area (Å²) in [5.74, 6) is -1.22. The van der Waals surface area contributed by atoms with Gasteiger partial charge in [-0.2, -0.15) is 0 Å². The zero-order valence-electron chi connectivity index (χ0n) is 8.84. The van der Waals surface area contributed by atoms with Crippen molar-refractivity contribution in [1.82, 2.24) is 0 Å². The fraction of sp³-hybridized carbons (Fsp3) is 0.364. The van der Waals surface area contributed by atoms with Crippen LogP contribution in [0.2, 0.25) is 0 Å². The van der Waals surface area contributed by atoms with Crippen LogP contribution in [-0.4, -0.2) is 19.6 Å². The van der Waals surface area contributed by atoms with Gasteiger partial charge in [-0.1, -0.05) is 13.0 Å². The molecule has 1 aromatic carbocycles. The number of benzene rings is 1. The Morgan fingerprint density at radius 1 is 1.53 bits per heavy atom. The number of hydrogen-bond donors (Lipinski definition) is 1. The molecule has 1 rings (SSSR count). The molecular formula is C11H14FNO2. The maximum atomic E-state index is 13.7. The monoisotopic (exact) mass is 211 g/mol. The standard InChI is InChI=1S/C11H14FNO2/c1-3-7-13-9-6-4-5-8(10(9)12)11(14)15-2/h4-6,13H,3,7H2,1-2H3. The van der Waals surface area contributed by atoms with Crippen molar-refractivity contribution in [2.75, 3.05) is 19.0 Å². The molecule has 15 heavy (non-hydrogen) atoms. The molecule has 0 heterocycles. The number of rotatable bonds is 4. The Kier molecular flexibility index (Phi) is 4.09. The molecule has 1 aromatic rings. The molecule has 0 aliphatic carbocycles. The molecule has 0 aromatic heterocycles.